The van der Waals surface area contributed by atoms with E-state index in [4.69, 9.17) is 0 Å². The molecule has 1 fully saturated rings. The van der Waals surface area contributed by atoms with Gasteiger partial charge in [-0.2, -0.15) is 0 Å². The second-order valence-electron chi connectivity index (χ2n) is 5.63. The van der Waals surface area contributed by atoms with Crippen molar-refractivity contribution in [2.24, 2.45) is 0 Å². The molecular weight excluding hydrogens is 278 g/mol. The summed E-state index contributed by atoms with van der Waals surface area (Å²) in [5.41, 5.74) is 1.26. The Morgan fingerprint density at radius 3 is 2.36 bits per heavy atom. The van der Waals surface area contributed by atoms with Crippen molar-refractivity contribution in [2.45, 2.75) is 32.1 Å². The van der Waals surface area contributed by atoms with E-state index in [2.05, 4.69) is 10.6 Å². The van der Waals surface area contributed by atoms with Crippen LogP contribution in [0.25, 0.3) is 0 Å². The predicted octanol–water partition coefficient (Wildman–Crippen LogP) is 2.25. The number of para-hydroxylation sites is 1. The van der Waals surface area contributed by atoms with Crippen molar-refractivity contribution in [3.8, 4) is 0 Å². The molecule has 5 heteroatoms. The molecule has 1 aromatic rings. The van der Waals surface area contributed by atoms with Gasteiger partial charge in [0, 0.05) is 25.8 Å². The molecule has 1 heterocycles. The first-order valence-corrected chi connectivity index (χ1v) is 8.05. The Bertz CT molecular complexity index is 508. The standard InChI is InChI=1S/C17H25N3O2/c1-18-17(22)14-9-5-6-10-15(14)19-13-16(21)20-11-7-3-2-4-8-12-20/h5-6,9-10,19H,2-4,7-8,11-13H2,1H3,(H,18,22). The largest absolute Gasteiger partial charge is 0.376 e. The third kappa shape index (κ3) is 4.48. The minimum Gasteiger partial charge on any atom is -0.376 e. The highest BCUT2D eigenvalue weighted by Crippen LogP contribution is 2.15. The summed E-state index contributed by atoms with van der Waals surface area (Å²) < 4.78 is 0. The Morgan fingerprint density at radius 1 is 1.05 bits per heavy atom. The number of rotatable bonds is 4. The average Bonchev–Trinajstić information content (AvgIpc) is 2.52. The van der Waals surface area contributed by atoms with Crippen molar-refractivity contribution < 1.29 is 9.59 Å². The molecule has 0 spiro atoms. The predicted molar refractivity (Wildman–Crippen MR) is 88.0 cm³/mol. The van der Waals surface area contributed by atoms with Gasteiger partial charge in [0.2, 0.25) is 5.91 Å². The Hall–Kier alpha value is -2.04. The molecule has 0 aromatic heterocycles. The zero-order chi connectivity index (χ0) is 15.8. The third-order valence-corrected chi connectivity index (χ3v) is 4.04. The van der Waals surface area contributed by atoms with Gasteiger partial charge in [0.1, 0.15) is 0 Å². The van der Waals surface area contributed by atoms with Gasteiger partial charge in [-0.3, -0.25) is 9.59 Å². The van der Waals surface area contributed by atoms with Crippen molar-refractivity contribution in [2.75, 3.05) is 32.0 Å². The molecule has 0 aliphatic carbocycles. The third-order valence-electron chi connectivity index (χ3n) is 4.04. The van der Waals surface area contributed by atoms with Crippen molar-refractivity contribution in [3.05, 3.63) is 29.8 Å². The number of benzene rings is 1. The zero-order valence-corrected chi connectivity index (χ0v) is 13.2. The molecule has 0 atom stereocenters. The van der Waals surface area contributed by atoms with Gasteiger partial charge in [0.05, 0.1) is 12.1 Å². The molecular formula is C17H25N3O2. The van der Waals surface area contributed by atoms with Crippen LogP contribution in [0.4, 0.5) is 5.69 Å². The summed E-state index contributed by atoms with van der Waals surface area (Å²) in [5, 5.41) is 5.72. The van der Waals surface area contributed by atoms with Gasteiger partial charge in [0.15, 0.2) is 0 Å². The second kappa shape index (κ2) is 8.41. The first kappa shape index (κ1) is 16.3. The number of nitrogens with one attached hydrogen (secondary N) is 2. The second-order valence-corrected chi connectivity index (χ2v) is 5.63. The van der Waals surface area contributed by atoms with Gasteiger partial charge in [-0.05, 0) is 25.0 Å². The van der Waals surface area contributed by atoms with Crippen LogP contribution in [-0.4, -0.2) is 43.4 Å². The smallest absolute Gasteiger partial charge is 0.253 e. The molecule has 1 saturated heterocycles. The number of hydrogen-bond acceptors (Lipinski definition) is 3. The molecule has 2 rings (SSSR count). The van der Waals surface area contributed by atoms with Crippen LogP contribution >= 0.6 is 0 Å². The lowest BCUT2D eigenvalue weighted by molar-refractivity contribution is -0.129. The molecule has 0 unspecified atom stereocenters. The molecule has 1 aliphatic heterocycles. The van der Waals surface area contributed by atoms with Gasteiger partial charge in [-0.1, -0.05) is 31.4 Å². The minimum absolute atomic E-state index is 0.105. The quantitative estimate of drug-likeness (QED) is 0.897. The Morgan fingerprint density at radius 2 is 1.68 bits per heavy atom. The average molecular weight is 303 g/mol. The van der Waals surface area contributed by atoms with Gasteiger partial charge < -0.3 is 15.5 Å². The highest BCUT2D eigenvalue weighted by molar-refractivity contribution is 5.99. The Kier molecular flexibility index (Phi) is 6.25. The molecule has 0 bridgehead atoms. The van der Waals surface area contributed by atoms with Crippen molar-refractivity contribution in [1.82, 2.24) is 10.2 Å². The normalized spacial score (nSPS) is 15.6. The summed E-state index contributed by atoms with van der Waals surface area (Å²) in [4.78, 5) is 26.1. The lowest BCUT2D eigenvalue weighted by Gasteiger charge is -2.25. The summed E-state index contributed by atoms with van der Waals surface area (Å²) in [7, 11) is 1.60. The van der Waals surface area contributed by atoms with Crippen molar-refractivity contribution in [3.63, 3.8) is 0 Å². The number of likely N-dealkylation sites (tertiary alicyclic amines) is 1. The minimum atomic E-state index is -0.151. The molecule has 5 nitrogen and oxygen atoms in total. The fourth-order valence-corrected chi connectivity index (χ4v) is 2.75. The maximum Gasteiger partial charge on any atom is 0.253 e. The van der Waals surface area contributed by atoms with Crippen LogP contribution in [0.15, 0.2) is 24.3 Å². The fraction of sp³-hybridized carbons (Fsp3) is 0.529. The van der Waals surface area contributed by atoms with Crippen LogP contribution < -0.4 is 10.6 Å². The van der Waals surface area contributed by atoms with Crippen LogP contribution in [0.3, 0.4) is 0 Å². The van der Waals surface area contributed by atoms with Crippen molar-refractivity contribution >= 4 is 17.5 Å². The number of hydrogen-bond donors (Lipinski definition) is 2. The maximum absolute atomic E-state index is 12.4. The number of anilines is 1. The fourth-order valence-electron chi connectivity index (χ4n) is 2.75. The van der Waals surface area contributed by atoms with Gasteiger partial charge in [0.25, 0.3) is 5.91 Å². The van der Waals surface area contributed by atoms with Gasteiger partial charge in [-0.25, -0.2) is 0 Å². The molecule has 2 N–H and O–H groups in total. The van der Waals surface area contributed by atoms with Crippen LogP contribution in [0.2, 0.25) is 0 Å². The van der Waals surface area contributed by atoms with E-state index in [0.717, 1.165) is 25.9 Å². The zero-order valence-electron chi connectivity index (χ0n) is 13.2. The number of carbonyl (C=O) groups excluding carboxylic acids is 2. The lowest BCUT2D eigenvalue weighted by atomic mass is 10.1. The van der Waals surface area contributed by atoms with Gasteiger partial charge in [-0.15, -0.1) is 0 Å². The molecule has 2 amide bonds. The first-order chi connectivity index (χ1) is 10.7. The topological polar surface area (TPSA) is 61.4 Å². The van der Waals surface area contributed by atoms with Crippen LogP contribution in [0, 0.1) is 0 Å². The van der Waals surface area contributed by atoms with Crippen LogP contribution in [0.1, 0.15) is 42.5 Å². The van der Waals surface area contributed by atoms with E-state index in [1.807, 2.05) is 23.1 Å². The number of amides is 2. The van der Waals surface area contributed by atoms with E-state index in [9.17, 15) is 9.59 Å². The monoisotopic (exact) mass is 303 g/mol. The van der Waals surface area contributed by atoms with Crippen molar-refractivity contribution in [1.29, 1.82) is 0 Å². The Balaban J connectivity index is 1.94. The van der Waals surface area contributed by atoms with E-state index < -0.39 is 0 Å². The highest BCUT2D eigenvalue weighted by atomic mass is 16.2. The number of nitrogens with zero attached hydrogens (tertiary/aromatic N) is 1. The molecule has 1 aliphatic rings. The summed E-state index contributed by atoms with van der Waals surface area (Å²) in [6.07, 6.45) is 5.86. The molecule has 0 radical (unpaired) electrons. The number of carbonyl (C=O) groups is 2. The SMILES string of the molecule is CNC(=O)c1ccccc1NCC(=O)N1CCCCCCC1. The summed E-state index contributed by atoms with van der Waals surface area (Å²) in [5.74, 6) is -0.0459. The van der Waals surface area contributed by atoms with Crippen LogP contribution in [0.5, 0.6) is 0 Å². The summed E-state index contributed by atoms with van der Waals surface area (Å²) >= 11 is 0. The molecule has 120 valence electrons. The van der Waals surface area contributed by atoms with Gasteiger partial charge >= 0.3 is 0 Å². The van der Waals surface area contributed by atoms with E-state index in [1.165, 1.54) is 19.3 Å². The maximum atomic E-state index is 12.4. The van der Waals surface area contributed by atoms with E-state index in [1.54, 1.807) is 13.1 Å². The van der Waals surface area contributed by atoms with E-state index in [0.29, 0.717) is 11.3 Å². The van der Waals surface area contributed by atoms with E-state index in [-0.39, 0.29) is 18.4 Å². The molecule has 1 aromatic carbocycles. The van der Waals surface area contributed by atoms with E-state index >= 15 is 0 Å². The highest BCUT2D eigenvalue weighted by Gasteiger charge is 2.15. The van der Waals surface area contributed by atoms with Crippen LogP contribution in [-0.2, 0) is 4.79 Å². The first-order valence-electron chi connectivity index (χ1n) is 8.05. The lowest BCUT2D eigenvalue weighted by Crippen LogP contribution is -2.37. The summed E-state index contributed by atoms with van der Waals surface area (Å²) in [6, 6.07) is 7.25. The Labute approximate surface area is 132 Å². The molecule has 0 saturated carbocycles. The molecule has 22 heavy (non-hydrogen) atoms. The summed E-state index contributed by atoms with van der Waals surface area (Å²) in [6.45, 7) is 1.92.